The number of anilines is 1. The third-order valence-electron chi connectivity index (χ3n) is 6.86. The van der Waals surface area contributed by atoms with Crippen LogP contribution in [0.3, 0.4) is 0 Å². The van der Waals surface area contributed by atoms with Crippen molar-refractivity contribution in [3.05, 3.63) is 60.2 Å². The van der Waals surface area contributed by atoms with Gasteiger partial charge in [0.2, 0.25) is 5.91 Å². The highest BCUT2D eigenvalue weighted by Crippen LogP contribution is 2.24. The van der Waals surface area contributed by atoms with Gasteiger partial charge in [-0.1, -0.05) is 43.5 Å². The molecule has 34 heavy (non-hydrogen) atoms. The van der Waals surface area contributed by atoms with E-state index in [0.29, 0.717) is 43.1 Å². The van der Waals surface area contributed by atoms with Crippen LogP contribution in [0.1, 0.15) is 55.3 Å². The summed E-state index contributed by atoms with van der Waals surface area (Å²) in [5.74, 6) is 0.499. The summed E-state index contributed by atoms with van der Waals surface area (Å²) in [6.07, 6.45) is 7.51. The number of likely N-dealkylation sites (tertiary alicyclic amines) is 1. The Morgan fingerprint density at radius 2 is 1.59 bits per heavy atom. The van der Waals surface area contributed by atoms with Crippen LogP contribution in [-0.4, -0.2) is 44.8 Å². The summed E-state index contributed by atoms with van der Waals surface area (Å²) in [7, 11) is -3.73. The molecule has 4 rings (SSSR count). The van der Waals surface area contributed by atoms with Crippen molar-refractivity contribution in [3.63, 3.8) is 0 Å². The van der Waals surface area contributed by atoms with E-state index in [4.69, 9.17) is 0 Å². The molecule has 0 atom stereocenters. The molecule has 1 aliphatic heterocycles. The number of benzene rings is 2. The summed E-state index contributed by atoms with van der Waals surface area (Å²) < 4.78 is 27.7. The normalized spacial score (nSPS) is 17.8. The fourth-order valence-electron chi connectivity index (χ4n) is 4.84. The number of rotatable bonds is 7. The summed E-state index contributed by atoms with van der Waals surface area (Å²) >= 11 is 0. The maximum atomic E-state index is 13.0. The van der Waals surface area contributed by atoms with Crippen LogP contribution in [0, 0.1) is 11.8 Å². The molecular weight excluding hydrogens is 450 g/mol. The highest BCUT2D eigenvalue weighted by Gasteiger charge is 2.28. The minimum absolute atomic E-state index is 0.0587. The quantitative estimate of drug-likeness (QED) is 0.621. The molecule has 0 spiro atoms. The van der Waals surface area contributed by atoms with Crippen molar-refractivity contribution >= 4 is 27.5 Å². The summed E-state index contributed by atoms with van der Waals surface area (Å²) in [5, 5.41) is 3.13. The van der Waals surface area contributed by atoms with Crippen molar-refractivity contribution in [3.8, 4) is 0 Å². The predicted molar refractivity (Wildman–Crippen MR) is 132 cm³/mol. The minimum atomic E-state index is -3.73. The third kappa shape index (κ3) is 6.17. The lowest BCUT2D eigenvalue weighted by Crippen LogP contribution is -2.43. The Morgan fingerprint density at radius 3 is 2.29 bits per heavy atom. The molecule has 2 amide bonds. The maximum Gasteiger partial charge on any atom is 0.261 e. The summed E-state index contributed by atoms with van der Waals surface area (Å²) in [6.45, 7) is 1.80. The number of hydrogen-bond donors (Lipinski definition) is 2. The van der Waals surface area contributed by atoms with Crippen LogP contribution in [0.4, 0.5) is 5.69 Å². The molecule has 2 fully saturated rings. The molecule has 0 unspecified atom stereocenters. The highest BCUT2D eigenvalue weighted by atomic mass is 32.2. The number of carbonyl (C=O) groups is 2. The smallest absolute Gasteiger partial charge is 0.261 e. The second-order valence-corrected chi connectivity index (χ2v) is 11.0. The van der Waals surface area contributed by atoms with E-state index in [0.717, 1.165) is 6.54 Å². The molecule has 2 aromatic rings. The van der Waals surface area contributed by atoms with Gasteiger partial charge in [0, 0.05) is 36.8 Å². The van der Waals surface area contributed by atoms with Gasteiger partial charge in [-0.3, -0.25) is 14.3 Å². The Balaban J connectivity index is 1.30. The van der Waals surface area contributed by atoms with E-state index >= 15 is 0 Å². The van der Waals surface area contributed by atoms with Gasteiger partial charge < -0.3 is 10.2 Å². The molecule has 0 aromatic heterocycles. The van der Waals surface area contributed by atoms with Crippen molar-refractivity contribution in [1.29, 1.82) is 0 Å². The third-order valence-corrected chi connectivity index (χ3v) is 8.26. The van der Waals surface area contributed by atoms with E-state index < -0.39 is 10.0 Å². The zero-order chi connectivity index (χ0) is 24.0. The molecule has 0 bridgehead atoms. The van der Waals surface area contributed by atoms with Gasteiger partial charge in [0.1, 0.15) is 0 Å². The topological polar surface area (TPSA) is 95.6 Å². The lowest BCUT2D eigenvalue weighted by Gasteiger charge is -2.32. The van der Waals surface area contributed by atoms with Gasteiger partial charge in [0.25, 0.3) is 15.9 Å². The molecule has 1 saturated heterocycles. The maximum absolute atomic E-state index is 13.0. The first-order valence-corrected chi connectivity index (χ1v) is 13.7. The van der Waals surface area contributed by atoms with Crippen LogP contribution in [-0.2, 0) is 14.8 Å². The summed E-state index contributed by atoms with van der Waals surface area (Å²) in [5.41, 5.74) is 0.764. The van der Waals surface area contributed by atoms with E-state index in [2.05, 4.69) is 10.0 Å². The lowest BCUT2D eigenvalue weighted by molar-refractivity contribution is -0.126. The van der Waals surface area contributed by atoms with Crippen LogP contribution < -0.4 is 10.0 Å². The van der Waals surface area contributed by atoms with Crippen molar-refractivity contribution in [2.45, 2.75) is 49.8 Å². The first-order valence-electron chi connectivity index (χ1n) is 12.2. The van der Waals surface area contributed by atoms with Crippen molar-refractivity contribution in [1.82, 2.24) is 10.2 Å². The molecule has 2 aliphatic rings. The van der Waals surface area contributed by atoms with Crippen LogP contribution in [0.25, 0.3) is 0 Å². The number of carbonyl (C=O) groups excluding carboxylic acids is 2. The number of nitrogens with one attached hydrogen (secondary N) is 2. The van der Waals surface area contributed by atoms with Crippen LogP contribution in [0.15, 0.2) is 59.5 Å². The molecule has 182 valence electrons. The standard InChI is InChI=1S/C26H33N3O4S/c30-25(27-19-20-8-3-1-4-9-20)21-14-16-29(17-15-21)26(31)22-10-7-11-23(18-22)28-34(32,33)24-12-5-2-6-13-24/h2,5-7,10-13,18,20-21,28H,1,3-4,8-9,14-17,19H2,(H,27,30). The van der Waals surface area contributed by atoms with Gasteiger partial charge in [0.05, 0.1) is 4.90 Å². The van der Waals surface area contributed by atoms with Crippen molar-refractivity contribution < 1.29 is 18.0 Å². The second kappa shape index (κ2) is 11.0. The molecule has 2 N–H and O–H groups in total. The van der Waals surface area contributed by atoms with Gasteiger partial charge in [-0.25, -0.2) is 8.42 Å². The number of sulfonamides is 1. The minimum Gasteiger partial charge on any atom is -0.356 e. The first kappa shape index (κ1) is 24.3. The molecular formula is C26H33N3O4S. The largest absolute Gasteiger partial charge is 0.356 e. The number of piperidine rings is 1. The first-order chi connectivity index (χ1) is 16.4. The SMILES string of the molecule is O=C(NCC1CCCCC1)C1CCN(C(=O)c2cccc(NS(=O)(=O)c3ccccc3)c2)CC1. The number of nitrogens with zero attached hydrogens (tertiary/aromatic N) is 1. The lowest BCUT2D eigenvalue weighted by atomic mass is 9.89. The molecule has 0 radical (unpaired) electrons. The Labute approximate surface area is 202 Å². The van der Waals surface area contributed by atoms with E-state index in [-0.39, 0.29) is 22.6 Å². The monoisotopic (exact) mass is 483 g/mol. The summed E-state index contributed by atoms with van der Waals surface area (Å²) in [4.78, 5) is 27.6. The van der Waals surface area contributed by atoms with E-state index in [9.17, 15) is 18.0 Å². The Morgan fingerprint density at radius 1 is 0.882 bits per heavy atom. The van der Waals surface area contributed by atoms with E-state index in [1.165, 1.54) is 44.2 Å². The molecule has 1 aliphatic carbocycles. The zero-order valence-corrected chi connectivity index (χ0v) is 20.2. The van der Waals surface area contributed by atoms with Gasteiger partial charge in [-0.2, -0.15) is 0 Å². The van der Waals surface area contributed by atoms with Crippen LogP contribution in [0.2, 0.25) is 0 Å². The average Bonchev–Trinajstić information content (AvgIpc) is 2.88. The Kier molecular flexibility index (Phi) is 7.88. The fraction of sp³-hybridized carbons (Fsp3) is 0.462. The number of amides is 2. The van der Waals surface area contributed by atoms with E-state index in [1.54, 1.807) is 47.4 Å². The zero-order valence-electron chi connectivity index (χ0n) is 19.4. The predicted octanol–water partition coefficient (Wildman–Crippen LogP) is 4.04. The van der Waals surface area contributed by atoms with Crippen molar-refractivity contribution in [2.75, 3.05) is 24.4 Å². The van der Waals surface area contributed by atoms with Crippen molar-refractivity contribution in [2.24, 2.45) is 11.8 Å². The van der Waals surface area contributed by atoms with Gasteiger partial charge in [-0.05, 0) is 61.9 Å². The Bertz CT molecular complexity index is 1090. The van der Waals surface area contributed by atoms with Gasteiger partial charge >= 0.3 is 0 Å². The second-order valence-electron chi connectivity index (χ2n) is 9.32. The average molecular weight is 484 g/mol. The van der Waals surface area contributed by atoms with Gasteiger partial charge in [0.15, 0.2) is 0 Å². The molecule has 1 saturated carbocycles. The summed E-state index contributed by atoms with van der Waals surface area (Å²) in [6, 6.07) is 14.7. The Hall–Kier alpha value is -2.87. The fourth-order valence-corrected chi connectivity index (χ4v) is 5.91. The van der Waals surface area contributed by atoms with Crippen LogP contribution >= 0.6 is 0 Å². The van der Waals surface area contributed by atoms with E-state index in [1.807, 2.05) is 0 Å². The molecule has 8 heteroatoms. The molecule has 2 aromatic carbocycles. The highest BCUT2D eigenvalue weighted by molar-refractivity contribution is 7.92. The number of hydrogen-bond acceptors (Lipinski definition) is 4. The molecule has 1 heterocycles. The molecule has 7 nitrogen and oxygen atoms in total. The van der Waals surface area contributed by atoms with Gasteiger partial charge in [-0.15, -0.1) is 0 Å². The van der Waals surface area contributed by atoms with Crippen LogP contribution in [0.5, 0.6) is 0 Å².